The molecule has 4 heteroatoms. The van der Waals surface area contributed by atoms with Crippen LogP contribution in [0.2, 0.25) is 0 Å². The number of aliphatic hydroxyl groups excluding tert-OH is 2. The number of nitrogens with two attached hydrogens (primary N) is 1. The van der Waals surface area contributed by atoms with Crippen LogP contribution in [0.1, 0.15) is 13.3 Å². The number of hydrogen-bond acceptors (Lipinski definition) is 4. The highest BCUT2D eigenvalue weighted by atomic mass is 16.5. The van der Waals surface area contributed by atoms with Crippen LogP contribution < -0.4 is 5.73 Å². The van der Waals surface area contributed by atoms with Crippen molar-refractivity contribution in [1.29, 1.82) is 0 Å². The third kappa shape index (κ3) is 1.70. The van der Waals surface area contributed by atoms with Gasteiger partial charge < -0.3 is 20.7 Å². The van der Waals surface area contributed by atoms with Gasteiger partial charge in [0.1, 0.15) is 6.10 Å². The Morgan fingerprint density at radius 2 is 2.09 bits per heavy atom. The van der Waals surface area contributed by atoms with E-state index < -0.39 is 18.2 Å². The van der Waals surface area contributed by atoms with Crippen molar-refractivity contribution in [3.05, 3.63) is 0 Å². The Kier molecular flexibility index (Phi) is 2.84. The van der Waals surface area contributed by atoms with E-state index in [0.717, 1.165) is 0 Å². The number of aliphatic hydroxyl groups is 2. The maximum Gasteiger partial charge on any atom is 0.108 e. The van der Waals surface area contributed by atoms with Gasteiger partial charge >= 0.3 is 0 Å². The lowest BCUT2D eigenvalue weighted by molar-refractivity contribution is -0.144. The van der Waals surface area contributed by atoms with Crippen LogP contribution in [0, 0.1) is 0 Å². The van der Waals surface area contributed by atoms with E-state index in [1.54, 1.807) is 0 Å². The molecule has 66 valence electrons. The number of ether oxygens (including phenoxy) is 1. The summed E-state index contributed by atoms with van der Waals surface area (Å²) < 4.78 is 5.19. The second-order valence-corrected chi connectivity index (χ2v) is 2.93. The van der Waals surface area contributed by atoms with Crippen LogP contribution in [0.4, 0.5) is 0 Å². The second kappa shape index (κ2) is 3.49. The average molecular weight is 161 g/mol. The zero-order valence-corrected chi connectivity index (χ0v) is 6.60. The molecule has 0 amide bonds. The first kappa shape index (κ1) is 8.93. The van der Waals surface area contributed by atoms with E-state index in [1.807, 2.05) is 6.92 Å². The van der Waals surface area contributed by atoms with Gasteiger partial charge in [-0.25, -0.2) is 0 Å². The van der Waals surface area contributed by atoms with E-state index in [2.05, 4.69) is 0 Å². The third-order valence-corrected chi connectivity index (χ3v) is 2.07. The zero-order chi connectivity index (χ0) is 8.43. The van der Waals surface area contributed by atoms with Crippen molar-refractivity contribution >= 4 is 0 Å². The molecular weight excluding hydrogens is 146 g/mol. The number of rotatable bonds is 1. The van der Waals surface area contributed by atoms with Gasteiger partial charge in [0.15, 0.2) is 0 Å². The van der Waals surface area contributed by atoms with Gasteiger partial charge in [0.05, 0.1) is 24.9 Å². The molecule has 1 saturated heterocycles. The van der Waals surface area contributed by atoms with Crippen LogP contribution >= 0.6 is 0 Å². The highest BCUT2D eigenvalue weighted by Gasteiger charge is 2.35. The number of hydrogen-bond donors (Lipinski definition) is 3. The minimum absolute atomic E-state index is 0.259. The van der Waals surface area contributed by atoms with Crippen LogP contribution in [-0.4, -0.2) is 41.2 Å². The Labute approximate surface area is 66.0 Å². The molecule has 1 aliphatic rings. The average Bonchev–Trinajstić information content (AvgIpc) is 2.01. The van der Waals surface area contributed by atoms with Crippen LogP contribution in [0.5, 0.6) is 0 Å². The van der Waals surface area contributed by atoms with Crippen LogP contribution in [0.15, 0.2) is 0 Å². The first-order valence-corrected chi connectivity index (χ1v) is 3.90. The van der Waals surface area contributed by atoms with Crippen molar-refractivity contribution in [2.24, 2.45) is 5.73 Å². The van der Waals surface area contributed by atoms with E-state index in [1.165, 1.54) is 0 Å². The molecule has 1 heterocycles. The van der Waals surface area contributed by atoms with Crippen molar-refractivity contribution < 1.29 is 14.9 Å². The largest absolute Gasteiger partial charge is 0.389 e. The van der Waals surface area contributed by atoms with Crippen molar-refractivity contribution in [1.82, 2.24) is 0 Å². The van der Waals surface area contributed by atoms with Crippen molar-refractivity contribution in [2.75, 3.05) is 6.61 Å². The standard InChI is InChI=1S/C7H15NO3/c1-2-5-7(10)6(9)4(8)3-11-5/h4-7,9-10H,2-3,8H2,1H3/t4-,5-,6+,7+/m0/s1. The molecule has 0 radical (unpaired) electrons. The van der Waals surface area contributed by atoms with Gasteiger partial charge in [0, 0.05) is 0 Å². The Balaban J connectivity index is 2.52. The lowest BCUT2D eigenvalue weighted by atomic mass is 9.97. The smallest absolute Gasteiger partial charge is 0.108 e. The van der Waals surface area contributed by atoms with Crippen LogP contribution in [0.25, 0.3) is 0 Å². The molecule has 1 fully saturated rings. The van der Waals surface area contributed by atoms with Gasteiger partial charge in [0.2, 0.25) is 0 Å². The summed E-state index contributed by atoms with van der Waals surface area (Å²) in [4.78, 5) is 0. The summed E-state index contributed by atoms with van der Waals surface area (Å²) in [5, 5.41) is 18.6. The van der Waals surface area contributed by atoms with Crippen LogP contribution in [0.3, 0.4) is 0 Å². The summed E-state index contributed by atoms with van der Waals surface area (Å²) in [6.45, 7) is 2.23. The Morgan fingerprint density at radius 1 is 1.45 bits per heavy atom. The summed E-state index contributed by atoms with van der Waals surface area (Å²) in [7, 11) is 0. The SMILES string of the molecule is CC[C@@H]1OC[C@H](N)[C@@H](O)[C@@H]1O. The molecule has 0 bridgehead atoms. The van der Waals surface area contributed by atoms with Crippen molar-refractivity contribution in [3.8, 4) is 0 Å². The monoisotopic (exact) mass is 161 g/mol. The normalized spacial score (nSPS) is 45.8. The molecule has 1 rings (SSSR count). The molecule has 4 nitrogen and oxygen atoms in total. The minimum atomic E-state index is -0.839. The molecule has 0 aliphatic carbocycles. The van der Waals surface area contributed by atoms with Gasteiger partial charge in [0.25, 0.3) is 0 Å². The molecule has 1 aliphatic heterocycles. The molecule has 0 unspecified atom stereocenters. The van der Waals surface area contributed by atoms with Crippen LogP contribution in [-0.2, 0) is 4.74 Å². The van der Waals surface area contributed by atoms with E-state index in [4.69, 9.17) is 10.5 Å². The summed E-state index contributed by atoms with van der Waals surface area (Å²) in [6.07, 6.45) is -1.23. The summed E-state index contributed by atoms with van der Waals surface area (Å²) >= 11 is 0. The van der Waals surface area contributed by atoms with Gasteiger partial charge in [-0.3, -0.25) is 0 Å². The Hall–Kier alpha value is -0.160. The lowest BCUT2D eigenvalue weighted by Gasteiger charge is -2.35. The Morgan fingerprint density at radius 3 is 2.64 bits per heavy atom. The summed E-state index contributed by atoms with van der Waals surface area (Å²) in [6, 6.07) is -0.451. The Bertz CT molecular complexity index is 129. The topological polar surface area (TPSA) is 75.7 Å². The molecule has 4 atom stereocenters. The molecule has 11 heavy (non-hydrogen) atoms. The fraction of sp³-hybridized carbons (Fsp3) is 1.00. The van der Waals surface area contributed by atoms with Gasteiger partial charge in [-0.05, 0) is 6.42 Å². The molecule has 4 N–H and O–H groups in total. The quantitative estimate of drug-likeness (QED) is 0.453. The first-order chi connectivity index (χ1) is 5.16. The molecule has 0 aromatic rings. The maximum atomic E-state index is 9.35. The van der Waals surface area contributed by atoms with Gasteiger partial charge in [-0.1, -0.05) is 6.92 Å². The van der Waals surface area contributed by atoms with Crippen molar-refractivity contribution in [2.45, 2.75) is 37.7 Å². The molecular formula is C7H15NO3. The van der Waals surface area contributed by atoms with Crippen molar-refractivity contribution in [3.63, 3.8) is 0 Å². The van der Waals surface area contributed by atoms with Gasteiger partial charge in [-0.15, -0.1) is 0 Å². The van der Waals surface area contributed by atoms with E-state index >= 15 is 0 Å². The highest BCUT2D eigenvalue weighted by Crippen LogP contribution is 2.16. The maximum absolute atomic E-state index is 9.35. The molecule has 0 aromatic heterocycles. The van der Waals surface area contributed by atoms with E-state index in [-0.39, 0.29) is 6.10 Å². The highest BCUT2D eigenvalue weighted by molar-refractivity contribution is 4.87. The van der Waals surface area contributed by atoms with E-state index in [9.17, 15) is 10.2 Å². The van der Waals surface area contributed by atoms with Gasteiger partial charge in [-0.2, -0.15) is 0 Å². The van der Waals surface area contributed by atoms with E-state index in [0.29, 0.717) is 13.0 Å². The molecule has 0 aromatic carbocycles. The third-order valence-electron chi connectivity index (χ3n) is 2.07. The fourth-order valence-electron chi connectivity index (χ4n) is 1.26. The molecule has 0 spiro atoms. The summed E-state index contributed by atoms with van der Waals surface area (Å²) in [5.41, 5.74) is 5.45. The lowest BCUT2D eigenvalue weighted by Crippen LogP contribution is -2.56. The second-order valence-electron chi connectivity index (χ2n) is 2.93. The predicted octanol–water partition coefficient (Wildman–Crippen LogP) is -1.16. The molecule has 0 saturated carbocycles. The zero-order valence-electron chi connectivity index (χ0n) is 6.60. The summed E-state index contributed by atoms with van der Waals surface area (Å²) in [5.74, 6) is 0. The minimum Gasteiger partial charge on any atom is -0.389 e. The predicted molar refractivity (Wildman–Crippen MR) is 40.0 cm³/mol. The first-order valence-electron chi connectivity index (χ1n) is 3.90. The fourth-order valence-corrected chi connectivity index (χ4v) is 1.26.